The summed E-state index contributed by atoms with van der Waals surface area (Å²) in [5.74, 6) is 1.99. The molecule has 2 heterocycles. The predicted molar refractivity (Wildman–Crippen MR) is 60.8 cm³/mol. The molecule has 0 saturated carbocycles. The Balaban J connectivity index is 1.99. The van der Waals surface area contributed by atoms with Gasteiger partial charge in [0.15, 0.2) is 0 Å². The van der Waals surface area contributed by atoms with Gasteiger partial charge in [-0.15, -0.1) is 0 Å². The van der Waals surface area contributed by atoms with Crippen LogP contribution in [0, 0.1) is 5.92 Å². The lowest BCUT2D eigenvalue weighted by atomic mass is 9.99. The summed E-state index contributed by atoms with van der Waals surface area (Å²) >= 11 is 0. The number of nitrogens with one attached hydrogen (secondary N) is 1. The molecule has 0 spiro atoms. The Labute approximate surface area is 89.1 Å². The number of benzene rings is 1. The maximum absolute atomic E-state index is 4.67. The first-order valence-corrected chi connectivity index (χ1v) is 5.45. The smallest absolute Gasteiger partial charge is 0.109 e. The van der Waals surface area contributed by atoms with Crippen LogP contribution < -0.4 is 5.32 Å². The van der Waals surface area contributed by atoms with Crippen LogP contribution in [0.1, 0.15) is 5.82 Å². The highest BCUT2D eigenvalue weighted by atomic mass is 15.1. The zero-order valence-electron chi connectivity index (χ0n) is 8.90. The average Bonchev–Trinajstić information content (AvgIpc) is 2.51. The van der Waals surface area contributed by atoms with E-state index in [2.05, 4.69) is 40.1 Å². The third-order valence-electron chi connectivity index (χ3n) is 3.22. The van der Waals surface area contributed by atoms with Crippen LogP contribution in [-0.2, 0) is 13.5 Å². The Morgan fingerprint density at radius 3 is 2.87 bits per heavy atom. The molecule has 3 rings (SSSR count). The number of hydrogen-bond acceptors (Lipinski definition) is 2. The monoisotopic (exact) mass is 201 g/mol. The second-order valence-electron chi connectivity index (χ2n) is 4.30. The fraction of sp³-hybridized carbons (Fsp3) is 0.417. The van der Waals surface area contributed by atoms with Gasteiger partial charge in [0.05, 0.1) is 11.0 Å². The number of aryl methyl sites for hydroxylation is 1. The molecular formula is C12H15N3. The molecule has 2 aromatic rings. The standard InChI is InChI=1S/C12H15N3/c1-15-11-5-3-2-4-10(11)14-12(15)6-9-7-13-8-9/h2-5,9,13H,6-8H2,1H3. The minimum absolute atomic E-state index is 0.778. The number of imidazole rings is 1. The Hall–Kier alpha value is -1.35. The largest absolute Gasteiger partial charge is 0.331 e. The number of fused-ring (bicyclic) bond motifs is 1. The lowest BCUT2D eigenvalue weighted by Crippen LogP contribution is -2.43. The molecule has 0 unspecified atom stereocenters. The number of rotatable bonds is 2. The van der Waals surface area contributed by atoms with Crippen LogP contribution in [0.3, 0.4) is 0 Å². The van der Waals surface area contributed by atoms with Gasteiger partial charge in [-0.3, -0.25) is 0 Å². The van der Waals surface area contributed by atoms with Crippen molar-refractivity contribution in [3.8, 4) is 0 Å². The quantitative estimate of drug-likeness (QED) is 0.794. The van der Waals surface area contributed by atoms with Crippen molar-refractivity contribution in [2.45, 2.75) is 6.42 Å². The highest BCUT2D eigenvalue weighted by molar-refractivity contribution is 5.75. The summed E-state index contributed by atoms with van der Waals surface area (Å²) in [4.78, 5) is 4.67. The van der Waals surface area contributed by atoms with Crippen LogP contribution in [0.2, 0.25) is 0 Å². The Morgan fingerprint density at radius 1 is 1.40 bits per heavy atom. The van der Waals surface area contributed by atoms with Crippen molar-refractivity contribution in [3.63, 3.8) is 0 Å². The number of hydrogen-bond donors (Lipinski definition) is 1. The van der Waals surface area contributed by atoms with Gasteiger partial charge in [0.1, 0.15) is 5.82 Å². The number of para-hydroxylation sites is 2. The molecule has 1 saturated heterocycles. The molecule has 0 aliphatic carbocycles. The van der Waals surface area contributed by atoms with Gasteiger partial charge < -0.3 is 9.88 Å². The lowest BCUT2D eigenvalue weighted by molar-refractivity contribution is 0.339. The first-order valence-electron chi connectivity index (χ1n) is 5.45. The molecule has 1 aromatic carbocycles. The van der Waals surface area contributed by atoms with Crippen LogP contribution in [0.5, 0.6) is 0 Å². The summed E-state index contributed by atoms with van der Waals surface area (Å²) in [7, 11) is 2.11. The molecule has 78 valence electrons. The van der Waals surface area contributed by atoms with E-state index < -0.39 is 0 Å². The fourth-order valence-electron chi connectivity index (χ4n) is 2.13. The topological polar surface area (TPSA) is 29.9 Å². The first kappa shape index (κ1) is 8.92. The molecule has 0 radical (unpaired) electrons. The van der Waals surface area contributed by atoms with Gasteiger partial charge in [0, 0.05) is 13.5 Å². The van der Waals surface area contributed by atoms with Crippen LogP contribution in [0.25, 0.3) is 11.0 Å². The highest BCUT2D eigenvalue weighted by Crippen LogP contribution is 2.18. The van der Waals surface area contributed by atoms with E-state index in [9.17, 15) is 0 Å². The van der Waals surface area contributed by atoms with Crippen molar-refractivity contribution in [1.29, 1.82) is 0 Å². The van der Waals surface area contributed by atoms with E-state index in [4.69, 9.17) is 0 Å². The van der Waals surface area contributed by atoms with Gasteiger partial charge >= 0.3 is 0 Å². The van der Waals surface area contributed by atoms with Gasteiger partial charge in [-0.25, -0.2) is 4.98 Å². The second kappa shape index (κ2) is 3.35. The minimum atomic E-state index is 0.778. The lowest BCUT2D eigenvalue weighted by Gasteiger charge is -2.26. The molecule has 1 aliphatic heterocycles. The molecule has 0 amide bonds. The van der Waals surface area contributed by atoms with Crippen molar-refractivity contribution >= 4 is 11.0 Å². The summed E-state index contributed by atoms with van der Waals surface area (Å²) < 4.78 is 2.22. The van der Waals surface area contributed by atoms with Gasteiger partial charge in [-0.1, -0.05) is 12.1 Å². The summed E-state index contributed by atoms with van der Waals surface area (Å²) in [6.07, 6.45) is 1.10. The van der Waals surface area contributed by atoms with Crippen molar-refractivity contribution in [3.05, 3.63) is 30.1 Å². The van der Waals surface area contributed by atoms with E-state index in [1.165, 1.54) is 11.3 Å². The third-order valence-corrected chi connectivity index (χ3v) is 3.22. The first-order chi connectivity index (χ1) is 7.34. The molecule has 15 heavy (non-hydrogen) atoms. The molecule has 1 fully saturated rings. The zero-order valence-corrected chi connectivity index (χ0v) is 8.90. The fourth-order valence-corrected chi connectivity index (χ4v) is 2.13. The van der Waals surface area contributed by atoms with Gasteiger partial charge in [0.25, 0.3) is 0 Å². The van der Waals surface area contributed by atoms with Gasteiger partial charge in [0.2, 0.25) is 0 Å². The highest BCUT2D eigenvalue weighted by Gasteiger charge is 2.19. The maximum atomic E-state index is 4.67. The van der Waals surface area contributed by atoms with Crippen LogP contribution in [0.15, 0.2) is 24.3 Å². The SMILES string of the molecule is Cn1c(CC2CNC2)nc2ccccc21. The minimum Gasteiger partial charge on any atom is -0.331 e. The molecule has 3 heteroatoms. The molecule has 3 nitrogen and oxygen atoms in total. The molecule has 0 bridgehead atoms. The van der Waals surface area contributed by atoms with Crippen molar-refractivity contribution in [1.82, 2.24) is 14.9 Å². The summed E-state index contributed by atoms with van der Waals surface area (Å²) in [5, 5.41) is 3.30. The van der Waals surface area contributed by atoms with Crippen LogP contribution in [0.4, 0.5) is 0 Å². The molecule has 1 aromatic heterocycles. The predicted octanol–water partition coefficient (Wildman–Crippen LogP) is 1.34. The Bertz CT molecular complexity index is 483. The summed E-state index contributed by atoms with van der Waals surface area (Å²) in [5.41, 5.74) is 2.35. The normalized spacial score (nSPS) is 16.9. The number of nitrogens with zero attached hydrogens (tertiary/aromatic N) is 2. The van der Waals surface area contributed by atoms with E-state index in [0.29, 0.717) is 0 Å². The van der Waals surface area contributed by atoms with E-state index in [-0.39, 0.29) is 0 Å². The second-order valence-corrected chi connectivity index (χ2v) is 4.30. The molecule has 1 N–H and O–H groups in total. The molecule has 1 aliphatic rings. The number of aromatic nitrogens is 2. The molecular weight excluding hydrogens is 186 g/mol. The Kier molecular flexibility index (Phi) is 1.99. The van der Waals surface area contributed by atoms with Crippen molar-refractivity contribution in [2.24, 2.45) is 13.0 Å². The van der Waals surface area contributed by atoms with Gasteiger partial charge in [-0.2, -0.15) is 0 Å². The Morgan fingerprint density at radius 2 is 2.20 bits per heavy atom. The maximum Gasteiger partial charge on any atom is 0.109 e. The van der Waals surface area contributed by atoms with Crippen molar-refractivity contribution in [2.75, 3.05) is 13.1 Å². The van der Waals surface area contributed by atoms with E-state index in [1.54, 1.807) is 0 Å². The van der Waals surface area contributed by atoms with Crippen molar-refractivity contribution < 1.29 is 0 Å². The van der Waals surface area contributed by atoms with E-state index in [1.807, 2.05) is 6.07 Å². The molecule has 0 atom stereocenters. The van der Waals surface area contributed by atoms with E-state index >= 15 is 0 Å². The van der Waals surface area contributed by atoms with Crippen LogP contribution >= 0.6 is 0 Å². The third kappa shape index (κ3) is 1.43. The van der Waals surface area contributed by atoms with Gasteiger partial charge in [-0.05, 0) is 31.1 Å². The van der Waals surface area contributed by atoms with Crippen LogP contribution in [-0.4, -0.2) is 22.6 Å². The summed E-state index contributed by atoms with van der Waals surface area (Å²) in [6, 6.07) is 8.32. The zero-order chi connectivity index (χ0) is 10.3. The summed E-state index contributed by atoms with van der Waals surface area (Å²) in [6.45, 7) is 2.28. The van der Waals surface area contributed by atoms with E-state index in [0.717, 1.165) is 30.9 Å². The average molecular weight is 201 g/mol.